The van der Waals surface area contributed by atoms with Crippen molar-refractivity contribution >= 4 is 23.0 Å². The van der Waals surface area contributed by atoms with Crippen LogP contribution >= 0.6 is 11.6 Å². The highest BCUT2D eigenvalue weighted by molar-refractivity contribution is 6.31. The molecule has 0 bridgehead atoms. The summed E-state index contributed by atoms with van der Waals surface area (Å²) in [5.41, 5.74) is 3.89. The summed E-state index contributed by atoms with van der Waals surface area (Å²) >= 11 is 6.44. The molecule has 0 N–H and O–H groups in total. The largest absolute Gasteiger partial charge is 0.257 e. The summed E-state index contributed by atoms with van der Waals surface area (Å²) in [6, 6.07) is 24.3. The SMILES string of the molecule is Fc1ccc(C2=NN(c3ccccc3)C(c3ccccc3Cl)C2)cc1. The zero-order valence-electron chi connectivity index (χ0n) is 13.4. The van der Waals surface area contributed by atoms with E-state index in [0.717, 1.165) is 27.5 Å². The lowest BCUT2D eigenvalue weighted by molar-refractivity contribution is 0.627. The van der Waals surface area contributed by atoms with Gasteiger partial charge >= 0.3 is 0 Å². The van der Waals surface area contributed by atoms with E-state index in [1.165, 1.54) is 12.1 Å². The molecular weight excluding hydrogens is 335 g/mol. The molecule has 1 heterocycles. The summed E-state index contributed by atoms with van der Waals surface area (Å²) in [6.45, 7) is 0. The predicted octanol–water partition coefficient (Wildman–Crippen LogP) is 5.83. The van der Waals surface area contributed by atoms with E-state index in [1.54, 1.807) is 12.1 Å². The van der Waals surface area contributed by atoms with Crippen LogP contribution in [0.1, 0.15) is 23.6 Å². The number of hydrogen-bond acceptors (Lipinski definition) is 2. The van der Waals surface area contributed by atoms with Crippen molar-refractivity contribution < 1.29 is 4.39 Å². The Hall–Kier alpha value is -2.65. The second-order valence-electron chi connectivity index (χ2n) is 5.98. The van der Waals surface area contributed by atoms with Gasteiger partial charge in [0.15, 0.2) is 0 Å². The molecule has 1 atom stereocenters. The molecule has 0 spiro atoms. The Morgan fingerprint density at radius 2 is 1.56 bits per heavy atom. The van der Waals surface area contributed by atoms with Crippen molar-refractivity contribution in [3.05, 3.63) is 101 Å². The minimum atomic E-state index is -0.245. The third-order valence-electron chi connectivity index (χ3n) is 4.37. The fraction of sp³-hybridized carbons (Fsp3) is 0.0952. The van der Waals surface area contributed by atoms with Crippen LogP contribution in [0.25, 0.3) is 0 Å². The molecule has 2 nitrogen and oxygen atoms in total. The van der Waals surface area contributed by atoms with Gasteiger partial charge in [-0.1, -0.05) is 60.1 Å². The average Bonchev–Trinajstić information content (AvgIpc) is 3.08. The minimum Gasteiger partial charge on any atom is -0.257 e. The van der Waals surface area contributed by atoms with Gasteiger partial charge in [-0.3, -0.25) is 5.01 Å². The summed E-state index contributed by atoms with van der Waals surface area (Å²) in [7, 11) is 0. The van der Waals surface area contributed by atoms with Crippen LogP contribution in [0.4, 0.5) is 10.1 Å². The molecule has 4 heteroatoms. The summed E-state index contributed by atoms with van der Waals surface area (Å²) in [6.07, 6.45) is 0.713. The molecule has 0 radical (unpaired) electrons. The van der Waals surface area contributed by atoms with Crippen LogP contribution in [-0.2, 0) is 0 Å². The topological polar surface area (TPSA) is 15.6 Å². The van der Waals surface area contributed by atoms with Crippen molar-refractivity contribution in [1.82, 2.24) is 0 Å². The van der Waals surface area contributed by atoms with Gasteiger partial charge in [-0.2, -0.15) is 5.10 Å². The quantitative estimate of drug-likeness (QED) is 0.579. The Kier molecular flexibility index (Phi) is 4.24. The second-order valence-corrected chi connectivity index (χ2v) is 6.38. The fourth-order valence-electron chi connectivity index (χ4n) is 3.13. The van der Waals surface area contributed by atoms with Crippen molar-refractivity contribution in [2.75, 3.05) is 5.01 Å². The van der Waals surface area contributed by atoms with Gasteiger partial charge in [0.2, 0.25) is 0 Å². The Morgan fingerprint density at radius 1 is 0.880 bits per heavy atom. The predicted molar refractivity (Wildman–Crippen MR) is 101 cm³/mol. The third-order valence-corrected chi connectivity index (χ3v) is 4.72. The first kappa shape index (κ1) is 15.9. The molecule has 25 heavy (non-hydrogen) atoms. The van der Waals surface area contributed by atoms with Gasteiger partial charge in [-0.05, 0) is 41.5 Å². The number of rotatable bonds is 3. The van der Waals surface area contributed by atoms with Crippen molar-refractivity contribution in [2.45, 2.75) is 12.5 Å². The molecular formula is C21H16ClFN2. The molecule has 1 aliphatic heterocycles. The fourth-order valence-corrected chi connectivity index (χ4v) is 3.40. The van der Waals surface area contributed by atoms with Gasteiger partial charge in [0.1, 0.15) is 5.82 Å². The minimum absolute atomic E-state index is 0.0103. The molecule has 124 valence electrons. The van der Waals surface area contributed by atoms with E-state index in [9.17, 15) is 4.39 Å². The molecule has 3 aromatic rings. The molecule has 4 rings (SSSR count). The second kappa shape index (κ2) is 6.69. The maximum Gasteiger partial charge on any atom is 0.123 e. The highest BCUT2D eigenvalue weighted by atomic mass is 35.5. The van der Waals surface area contributed by atoms with Gasteiger partial charge in [-0.25, -0.2) is 4.39 Å². The maximum absolute atomic E-state index is 13.2. The van der Waals surface area contributed by atoms with E-state index in [-0.39, 0.29) is 11.9 Å². The Morgan fingerprint density at radius 3 is 2.28 bits per heavy atom. The molecule has 3 aromatic carbocycles. The van der Waals surface area contributed by atoms with E-state index < -0.39 is 0 Å². The molecule has 0 saturated heterocycles. The zero-order valence-corrected chi connectivity index (χ0v) is 14.2. The number of hydrogen-bond donors (Lipinski definition) is 0. The van der Waals surface area contributed by atoms with Crippen LogP contribution in [0.15, 0.2) is 84.0 Å². The van der Waals surface area contributed by atoms with E-state index in [1.807, 2.05) is 59.6 Å². The van der Waals surface area contributed by atoms with Gasteiger partial charge < -0.3 is 0 Å². The average molecular weight is 351 g/mol. The first-order chi connectivity index (χ1) is 12.2. The van der Waals surface area contributed by atoms with E-state index >= 15 is 0 Å². The highest BCUT2D eigenvalue weighted by Crippen LogP contribution is 2.39. The van der Waals surface area contributed by atoms with Gasteiger partial charge in [0.05, 0.1) is 17.4 Å². The van der Waals surface area contributed by atoms with Crippen LogP contribution < -0.4 is 5.01 Å². The molecule has 0 amide bonds. The van der Waals surface area contributed by atoms with Gasteiger partial charge in [0.25, 0.3) is 0 Å². The van der Waals surface area contributed by atoms with Crippen molar-refractivity contribution in [3.8, 4) is 0 Å². The smallest absolute Gasteiger partial charge is 0.123 e. The molecule has 1 aliphatic rings. The lowest BCUT2D eigenvalue weighted by Crippen LogP contribution is -2.18. The summed E-state index contributed by atoms with van der Waals surface area (Å²) in [5.74, 6) is -0.245. The summed E-state index contributed by atoms with van der Waals surface area (Å²) in [5, 5.41) is 7.55. The number of hydrazone groups is 1. The Balaban J connectivity index is 1.77. The van der Waals surface area contributed by atoms with Gasteiger partial charge in [-0.15, -0.1) is 0 Å². The zero-order chi connectivity index (χ0) is 17.2. The number of nitrogens with zero attached hydrogens (tertiary/aromatic N) is 2. The van der Waals surface area contributed by atoms with Crippen LogP contribution in [0, 0.1) is 5.82 Å². The molecule has 0 aliphatic carbocycles. The van der Waals surface area contributed by atoms with E-state index in [2.05, 4.69) is 0 Å². The van der Waals surface area contributed by atoms with Crippen molar-refractivity contribution in [2.24, 2.45) is 5.10 Å². The number of benzene rings is 3. The normalized spacial score (nSPS) is 16.8. The lowest BCUT2D eigenvalue weighted by Gasteiger charge is -2.24. The third kappa shape index (κ3) is 3.15. The molecule has 0 fully saturated rings. The lowest BCUT2D eigenvalue weighted by atomic mass is 9.98. The van der Waals surface area contributed by atoms with Crippen LogP contribution in [0.2, 0.25) is 5.02 Å². The van der Waals surface area contributed by atoms with Gasteiger partial charge in [0, 0.05) is 11.4 Å². The number of halogens is 2. The van der Waals surface area contributed by atoms with Crippen molar-refractivity contribution in [1.29, 1.82) is 0 Å². The van der Waals surface area contributed by atoms with Crippen molar-refractivity contribution in [3.63, 3.8) is 0 Å². The van der Waals surface area contributed by atoms with E-state index in [0.29, 0.717) is 6.42 Å². The first-order valence-electron chi connectivity index (χ1n) is 8.14. The van der Waals surface area contributed by atoms with Crippen LogP contribution in [0.3, 0.4) is 0 Å². The van der Waals surface area contributed by atoms with E-state index in [4.69, 9.17) is 16.7 Å². The van der Waals surface area contributed by atoms with Crippen LogP contribution in [0.5, 0.6) is 0 Å². The number of anilines is 1. The standard InChI is InChI=1S/C21H16ClFN2/c22-19-9-5-4-8-18(19)21-14-20(15-10-12-16(23)13-11-15)24-25(21)17-6-2-1-3-7-17/h1-13,21H,14H2. The monoisotopic (exact) mass is 350 g/mol. The van der Waals surface area contributed by atoms with Crippen LogP contribution in [-0.4, -0.2) is 5.71 Å². The Labute approximate surface area is 151 Å². The summed E-state index contributed by atoms with van der Waals surface area (Å²) < 4.78 is 13.2. The summed E-state index contributed by atoms with van der Waals surface area (Å²) in [4.78, 5) is 0. The molecule has 0 saturated carbocycles. The molecule has 0 aromatic heterocycles. The maximum atomic E-state index is 13.2. The number of para-hydroxylation sites is 1. The first-order valence-corrected chi connectivity index (χ1v) is 8.52. The Bertz CT molecular complexity index is 907. The molecule has 1 unspecified atom stereocenters. The highest BCUT2D eigenvalue weighted by Gasteiger charge is 2.31.